The largest absolute Gasteiger partial charge is 0.309 e. The second-order valence-corrected chi connectivity index (χ2v) is 30.1. The van der Waals surface area contributed by atoms with Crippen LogP contribution in [-0.4, -0.2) is 16.1 Å². The molecule has 0 radical (unpaired) electrons. The molecule has 0 bridgehead atoms. The van der Waals surface area contributed by atoms with Crippen LogP contribution in [0.1, 0.15) is 33.4 Å². The number of hydrogen-bond acceptors (Lipinski definition) is 4. The third-order valence-electron chi connectivity index (χ3n) is 14.1. The molecule has 0 fully saturated rings. The Morgan fingerprint density at radius 3 is 1.37 bits per heavy atom. The molecule has 11 rings (SSSR count). The van der Waals surface area contributed by atoms with Gasteiger partial charge in [0.05, 0.1) is 49.8 Å². The third kappa shape index (κ3) is 6.51. The van der Waals surface area contributed by atoms with E-state index < -0.39 is 21.6 Å². The van der Waals surface area contributed by atoms with Crippen molar-refractivity contribution >= 4 is 71.4 Å². The molecule has 2 aliphatic carbocycles. The van der Waals surface area contributed by atoms with Crippen molar-refractivity contribution in [3.63, 3.8) is 0 Å². The minimum Gasteiger partial charge on any atom is -0.309 e. The molecule has 6 heteroatoms. The lowest BCUT2D eigenvalue weighted by Gasteiger charge is -2.41. The lowest BCUT2D eigenvalue weighted by molar-refractivity contribution is 0.773. The van der Waals surface area contributed by atoms with E-state index in [-0.39, 0.29) is 0 Å². The Labute approximate surface area is 396 Å². The predicted octanol–water partition coefficient (Wildman–Crippen LogP) is 15.0. The Morgan fingerprint density at radius 1 is 0.373 bits per heavy atom. The van der Waals surface area contributed by atoms with Gasteiger partial charge in [0.2, 0.25) is 0 Å². The quantitative estimate of drug-likeness (QED) is 0.143. The number of nitriles is 2. The maximum absolute atomic E-state index is 10.6. The van der Waals surface area contributed by atoms with Gasteiger partial charge in [0, 0.05) is 22.4 Å². The third-order valence-corrected chi connectivity index (χ3v) is 18.2. The molecule has 0 N–H and O–H groups in total. The Hall–Kier alpha value is -7.75. The van der Waals surface area contributed by atoms with Crippen LogP contribution in [0, 0.1) is 22.7 Å². The molecule has 9 aromatic carbocycles. The molecule has 0 amide bonds. The Balaban J connectivity index is 1.22. The van der Waals surface area contributed by atoms with E-state index in [9.17, 15) is 10.5 Å². The maximum atomic E-state index is 10.6. The number of fused-ring (bicyclic) bond motifs is 9. The average Bonchev–Trinajstić information content (AvgIpc) is 3.64. The fourth-order valence-electron chi connectivity index (χ4n) is 10.9. The summed E-state index contributed by atoms with van der Waals surface area (Å²) in [6, 6.07) is 75.2. The van der Waals surface area contributed by atoms with Gasteiger partial charge >= 0.3 is 0 Å². The monoisotopic (exact) mass is 894 g/mol. The first-order valence-electron chi connectivity index (χ1n) is 23.1. The molecule has 0 atom stereocenters. The van der Waals surface area contributed by atoms with E-state index in [1.54, 1.807) is 0 Å². The van der Waals surface area contributed by atoms with E-state index in [4.69, 9.17) is 0 Å². The van der Waals surface area contributed by atoms with E-state index in [1.165, 1.54) is 49.1 Å². The Morgan fingerprint density at radius 2 is 0.821 bits per heavy atom. The molecule has 0 saturated carbocycles. The highest BCUT2D eigenvalue weighted by atomic mass is 28.3. The van der Waals surface area contributed by atoms with E-state index in [0.717, 1.165) is 50.6 Å². The van der Waals surface area contributed by atoms with Crippen LogP contribution in [0.4, 0.5) is 34.1 Å². The van der Waals surface area contributed by atoms with Gasteiger partial charge in [0.15, 0.2) is 0 Å². The summed E-state index contributed by atoms with van der Waals surface area (Å²) in [5.41, 5.74) is 15.9. The fraction of sp³-hybridized carbons (Fsp3) is 0.115. The average molecular weight is 895 g/mol. The van der Waals surface area contributed by atoms with Gasteiger partial charge in [-0.1, -0.05) is 177 Å². The van der Waals surface area contributed by atoms with E-state index in [1.807, 2.05) is 36.4 Å². The van der Waals surface area contributed by atoms with Crippen LogP contribution in [0.5, 0.6) is 0 Å². The van der Waals surface area contributed by atoms with Crippen LogP contribution in [0.2, 0.25) is 39.3 Å². The Kier molecular flexibility index (Phi) is 9.83. The first-order chi connectivity index (χ1) is 32.4. The summed E-state index contributed by atoms with van der Waals surface area (Å²) >= 11 is 0. The summed E-state index contributed by atoms with van der Waals surface area (Å²) in [4.78, 5) is 4.56. The standard InChI is InChI=1S/C61H50N4Si2/c1-66(2,3)46-31-26-43(27-32-46)64(57-24-13-7-16-41(57)39-62)45-30-35-50-51-36-37-59(65(58-25-14-8-17-42(58)40-63)44-28-33-47(34-29-44)67(4,5)6)52-20-15-23-55(60(51)52)61(56(50)38-45)53-21-11-9-18-48(53)49-19-10-12-22-54(49)61/h7-38H,1-6H3. The molecule has 0 aromatic heterocycles. The highest BCUT2D eigenvalue weighted by molar-refractivity contribution is 6.89. The van der Waals surface area contributed by atoms with Gasteiger partial charge in [-0.2, -0.15) is 10.5 Å². The van der Waals surface area contributed by atoms with Gasteiger partial charge in [-0.15, -0.1) is 0 Å². The van der Waals surface area contributed by atoms with Crippen LogP contribution >= 0.6 is 0 Å². The molecule has 0 saturated heterocycles. The molecule has 9 aromatic rings. The summed E-state index contributed by atoms with van der Waals surface area (Å²) < 4.78 is 0. The van der Waals surface area contributed by atoms with E-state index >= 15 is 0 Å². The van der Waals surface area contributed by atoms with Crippen molar-refractivity contribution in [2.45, 2.75) is 44.7 Å². The highest BCUT2D eigenvalue weighted by Crippen LogP contribution is 2.63. The lowest BCUT2D eigenvalue weighted by atomic mass is 9.61. The topological polar surface area (TPSA) is 54.1 Å². The minimum atomic E-state index is -1.58. The van der Waals surface area contributed by atoms with Crippen molar-refractivity contribution in [3.8, 4) is 34.4 Å². The maximum Gasteiger partial charge on any atom is 0.101 e. The predicted molar refractivity (Wildman–Crippen MR) is 285 cm³/mol. The normalized spacial score (nSPS) is 13.0. The van der Waals surface area contributed by atoms with Gasteiger partial charge in [-0.25, -0.2) is 0 Å². The fourth-order valence-corrected chi connectivity index (χ4v) is 13.2. The lowest BCUT2D eigenvalue weighted by Crippen LogP contribution is -2.37. The molecule has 1 spiro atoms. The van der Waals surface area contributed by atoms with Crippen molar-refractivity contribution in [3.05, 3.63) is 228 Å². The van der Waals surface area contributed by atoms with Crippen LogP contribution in [0.25, 0.3) is 33.0 Å². The molecular weight excluding hydrogens is 845 g/mol. The zero-order valence-corrected chi connectivity index (χ0v) is 40.8. The van der Waals surface area contributed by atoms with Crippen LogP contribution in [-0.2, 0) is 5.41 Å². The first-order valence-corrected chi connectivity index (χ1v) is 30.1. The molecule has 67 heavy (non-hydrogen) atoms. The molecular formula is C61H50N4Si2. The zero-order chi connectivity index (χ0) is 46.2. The molecule has 0 heterocycles. The molecule has 0 aliphatic heterocycles. The highest BCUT2D eigenvalue weighted by Gasteiger charge is 2.50. The van der Waals surface area contributed by atoms with Crippen LogP contribution in [0.3, 0.4) is 0 Å². The summed E-state index contributed by atoms with van der Waals surface area (Å²) in [6.45, 7) is 14.3. The molecule has 2 aliphatic rings. The summed E-state index contributed by atoms with van der Waals surface area (Å²) in [7, 11) is -3.17. The minimum absolute atomic E-state index is 0.612. The molecule has 322 valence electrons. The van der Waals surface area contributed by atoms with Gasteiger partial charge in [0.1, 0.15) is 12.1 Å². The SMILES string of the molecule is C[Si](C)(C)c1ccc(N(c2ccc3c(c2)C2(c4ccccc4-c4ccccc42)c2cccc4c(N(c5ccc([Si](C)(C)C)cc5)c5ccccc5C#N)ccc-3c24)c2ccccc2C#N)cc1. The van der Waals surface area contributed by atoms with Crippen molar-refractivity contribution < 1.29 is 0 Å². The number of nitrogens with zero attached hydrogens (tertiary/aromatic N) is 4. The summed E-state index contributed by atoms with van der Waals surface area (Å²) in [5, 5.41) is 26.2. The van der Waals surface area contributed by atoms with Gasteiger partial charge in [0.25, 0.3) is 0 Å². The van der Waals surface area contributed by atoms with Crippen LogP contribution < -0.4 is 20.2 Å². The second-order valence-electron chi connectivity index (χ2n) is 20.0. The van der Waals surface area contributed by atoms with Crippen molar-refractivity contribution in [2.24, 2.45) is 0 Å². The van der Waals surface area contributed by atoms with Crippen LogP contribution in [0.15, 0.2) is 194 Å². The molecule has 4 nitrogen and oxygen atoms in total. The number of benzene rings is 9. The van der Waals surface area contributed by atoms with Gasteiger partial charge in [-0.05, 0) is 117 Å². The first kappa shape index (κ1) is 41.9. The smallest absolute Gasteiger partial charge is 0.101 e. The number of rotatable bonds is 8. The molecule has 0 unspecified atom stereocenters. The number of para-hydroxylation sites is 2. The summed E-state index contributed by atoms with van der Waals surface area (Å²) in [6.07, 6.45) is 0. The van der Waals surface area contributed by atoms with E-state index in [2.05, 4.69) is 219 Å². The number of hydrogen-bond donors (Lipinski definition) is 0. The second kappa shape index (κ2) is 15.7. The number of anilines is 6. The summed E-state index contributed by atoms with van der Waals surface area (Å²) in [5.74, 6) is 0. The van der Waals surface area contributed by atoms with Crippen molar-refractivity contribution in [1.82, 2.24) is 0 Å². The van der Waals surface area contributed by atoms with Crippen molar-refractivity contribution in [2.75, 3.05) is 9.80 Å². The Bertz CT molecular complexity index is 3480. The zero-order valence-electron chi connectivity index (χ0n) is 38.8. The van der Waals surface area contributed by atoms with Crippen molar-refractivity contribution in [1.29, 1.82) is 10.5 Å². The van der Waals surface area contributed by atoms with Gasteiger partial charge in [-0.3, -0.25) is 0 Å². The van der Waals surface area contributed by atoms with Gasteiger partial charge < -0.3 is 9.80 Å². The van der Waals surface area contributed by atoms with E-state index in [0.29, 0.717) is 11.1 Å².